The number of anilines is 1. The molecule has 28 heavy (non-hydrogen) atoms. The van der Waals surface area contributed by atoms with Gasteiger partial charge in [0.1, 0.15) is 23.4 Å². The first-order valence-electron chi connectivity index (χ1n) is 8.71. The van der Waals surface area contributed by atoms with Crippen LogP contribution >= 0.6 is 0 Å². The number of carbonyl (C=O) groups is 1. The zero-order valence-corrected chi connectivity index (χ0v) is 15.3. The molecule has 140 valence electrons. The third kappa shape index (κ3) is 3.13. The molecule has 0 fully saturated rings. The Hall–Kier alpha value is -3.88. The normalized spacial score (nSPS) is 10.9. The number of nitrogens with one attached hydrogen (secondary N) is 1. The second-order valence-electron chi connectivity index (χ2n) is 6.15. The number of hydrogen-bond acceptors (Lipinski definition) is 6. The van der Waals surface area contributed by atoms with E-state index in [-0.39, 0.29) is 16.8 Å². The van der Waals surface area contributed by atoms with Crippen LogP contribution in [-0.4, -0.2) is 35.2 Å². The molecule has 1 amide bonds. The molecule has 0 radical (unpaired) electrons. The van der Waals surface area contributed by atoms with Crippen molar-refractivity contribution in [3.05, 3.63) is 70.7 Å². The van der Waals surface area contributed by atoms with Crippen LogP contribution in [0.3, 0.4) is 0 Å². The Morgan fingerprint density at radius 1 is 1.25 bits per heavy atom. The molecule has 0 aliphatic carbocycles. The third-order valence-electron chi connectivity index (χ3n) is 4.28. The second kappa shape index (κ2) is 7.03. The lowest BCUT2D eigenvalue weighted by Crippen LogP contribution is -2.24. The summed E-state index contributed by atoms with van der Waals surface area (Å²) in [6.07, 6.45) is 6.21. The predicted octanol–water partition coefficient (Wildman–Crippen LogP) is 1.95. The Labute approximate surface area is 159 Å². The minimum absolute atomic E-state index is 0.0271. The van der Waals surface area contributed by atoms with Crippen molar-refractivity contribution in [3.8, 4) is 5.82 Å². The molecule has 0 atom stereocenters. The third-order valence-corrected chi connectivity index (χ3v) is 4.28. The zero-order valence-electron chi connectivity index (χ0n) is 15.3. The van der Waals surface area contributed by atoms with Crippen molar-refractivity contribution < 1.29 is 4.79 Å². The summed E-state index contributed by atoms with van der Waals surface area (Å²) in [6.45, 7) is 4.36. The predicted molar refractivity (Wildman–Crippen MR) is 104 cm³/mol. The van der Waals surface area contributed by atoms with E-state index in [2.05, 4.69) is 25.4 Å². The minimum Gasteiger partial charge on any atom is -0.332 e. The lowest BCUT2D eigenvalue weighted by Gasteiger charge is -2.11. The van der Waals surface area contributed by atoms with E-state index in [1.54, 1.807) is 45.9 Å². The topological polar surface area (TPSA) is 108 Å². The van der Waals surface area contributed by atoms with E-state index < -0.39 is 5.91 Å². The second-order valence-corrected chi connectivity index (χ2v) is 6.15. The van der Waals surface area contributed by atoms with Crippen molar-refractivity contribution in [1.29, 1.82) is 0 Å². The maximum absolute atomic E-state index is 12.8. The number of aryl methyl sites for hydroxylation is 2. The van der Waals surface area contributed by atoms with E-state index in [1.165, 1.54) is 12.5 Å². The largest absolute Gasteiger partial charge is 0.332 e. The maximum atomic E-state index is 12.8. The Balaban J connectivity index is 1.72. The number of rotatable bonds is 4. The molecule has 0 saturated heterocycles. The first-order valence-corrected chi connectivity index (χ1v) is 8.71. The zero-order chi connectivity index (χ0) is 19.7. The first kappa shape index (κ1) is 17.5. The molecule has 0 aromatic carbocycles. The smallest absolute Gasteiger partial charge is 0.262 e. The standard InChI is InChI=1S/C19H17N7O2/c1-3-25-10-14(17(27)13-6-5-12(2)23-18(13)25)19(28)24-15-9-16(21-11-20-15)26-8-4-7-22-26/h4-11H,3H2,1-2H3,(H,20,21,24,28). The molecule has 4 rings (SSSR count). The molecule has 0 unspecified atom stereocenters. The summed E-state index contributed by atoms with van der Waals surface area (Å²) < 4.78 is 3.33. The Kier molecular flexibility index (Phi) is 4.40. The molecule has 1 N–H and O–H groups in total. The van der Waals surface area contributed by atoms with Crippen LogP contribution in [0.2, 0.25) is 0 Å². The first-order chi connectivity index (χ1) is 13.6. The Morgan fingerprint density at radius 2 is 2.11 bits per heavy atom. The molecular formula is C19H17N7O2. The number of carbonyl (C=O) groups excluding carboxylic acids is 1. The highest BCUT2D eigenvalue weighted by Gasteiger charge is 2.17. The van der Waals surface area contributed by atoms with Crippen LogP contribution in [0.4, 0.5) is 5.82 Å². The highest BCUT2D eigenvalue weighted by molar-refractivity contribution is 6.05. The fourth-order valence-corrected chi connectivity index (χ4v) is 2.89. The van der Waals surface area contributed by atoms with Gasteiger partial charge < -0.3 is 9.88 Å². The molecule has 0 bridgehead atoms. The highest BCUT2D eigenvalue weighted by Crippen LogP contribution is 2.13. The molecule has 0 spiro atoms. The van der Waals surface area contributed by atoms with Gasteiger partial charge >= 0.3 is 0 Å². The number of aromatic nitrogens is 6. The number of amides is 1. The van der Waals surface area contributed by atoms with Crippen LogP contribution in [0.1, 0.15) is 23.0 Å². The monoisotopic (exact) mass is 375 g/mol. The number of hydrogen-bond donors (Lipinski definition) is 1. The van der Waals surface area contributed by atoms with E-state index in [9.17, 15) is 9.59 Å². The van der Waals surface area contributed by atoms with Gasteiger partial charge in [0.2, 0.25) is 5.43 Å². The quantitative estimate of drug-likeness (QED) is 0.584. The number of fused-ring (bicyclic) bond motifs is 1. The van der Waals surface area contributed by atoms with E-state index in [4.69, 9.17) is 0 Å². The van der Waals surface area contributed by atoms with Gasteiger partial charge in [-0.2, -0.15) is 5.10 Å². The molecular weight excluding hydrogens is 358 g/mol. The fourth-order valence-electron chi connectivity index (χ4n) is 2.89. The van der Waals surface area contributed by atoms with Crippen molar-refractivity contribution >= 4 is 22.8 Å². The van der Waals surface area contributed by atoms with Crippen LogP contribution in [0.15, 0.2) is 54.0 Å². The molecule has 0 aliphatic heterocycles. The van der Waals surface area contributed by atoms with Gasteiger partial charge in [-0.05, 0) is 32.0 Å². The summed E-state index contributed by atoms with van der Waals surface area (Å²) in [7, 11) is 0. The molecule has 4 aromatic heterocycles. The number of nitrogens with zero attached hydrogens (tertiary/aromatic N) is 6. The molecule has 0 saturated carbocycles. The van der Waals surface area contributed by atoms with E-state index >= 15 is 0 Å². The summed E-state index contributed by atoms with van der Waals surface area (Å²) in [5, 5.41) is 7.16. The average Bonchev–Trinajstić information content (AvgIpc) is 3.23. The van der Waals surface area contributed by atoms with Gasteiger partial charge in [0.15, 0.2) is 5.82 Å². The lowest BCUT2D eigenvalue weighted by atomic mass is 10.1. The van der Waals surface area contributed by atoms with Gasteiger partial charge in [0.25, 0.3) is 5.91 Å². The van der Waals surface area contributed by atoms with Gasteiger partial charge in [0.05, 0.1) is 5.39 Å². The van der Waals surface area contributed by atoms with Crippen molar-refractivity contribution in [1.82, 2.24) is 29.3 Å². The van der Waals surface area contributed by atoms with Gasteiger partial charge in [0, 0.05) is 36.9 Å². The van der Waals surface area contributed by atoms with Crippen molar-refractivity contribution in [3.63, 3.8) is 0 Å². The van der Waals surface area contributed by atoms with Crippen LogP contribution in [0.25, 0.3) is 16.9 Å². The average molecular weight is 375 g/mol. The van der Waals surface area contributed by atoms with Crippen LogP contribution in [0.5, 0.6) is 0 Å². The van der Waals surface area contributed by atoms with E-state index in [1.807, 2.05) is 13.8 Å². The van der Waals surface area contributed by atoms with Gasteiger partial charge in [-0.3, -0.25) is 9.59 Å². The van der Waals surface area contributed by atoms with Gasteiger partial charge in [-0.1, -0.05) is 0 Å². The van der Waals surface area contributed by atoms with E-state index in [0.29, 0.717) is 23.4 Å². The maximum Gasteiger partial charge on any atom is 0.262 e. The number of pyridine rings is 2. The summed E-state index contributed by atoms with van der Waals surface area (Å²) in [5.74, 6) is 0.231. The molecule has 9 heteroatoms. The molecule has 9 nitrogen and oxygen atoms in total. The molecule has 4 aromatic rings. The Morgan fingerprint density at radius 3 is 2.86 bits per heavy atom. The summed E-state index contributed by atoms with van der Waals surface area (Å²) >= 11 is 0. The van der Waals surface area contributed by atoms with Crippen LogP contribution in [-0.2, 0) is 6.54 Å². The summed E-state index contributed by atoms with van der Waals surface area (Å²) in [6, 6.07) is 6.79. The van der Waals surface area contributed by atoms with E-state index in [0.717, 1.165) is 5.69 Å². The van der Waals surface area contributed by atoms with Crippen LogP contribution < -0.4 is 10.7 Å². The summed E-state index contributed by atoms with van der Waals surface area (Å²) in [4.78, 5) is 38.2. The van der Waals surface area contributed by atoms with Gasteiger partial charge in [-0.25, -0.2) is 19.6 Å². The fraction of sp³-hybridized carbons (Fsp3) is 0.158. The molecule has 4 heterocycles. The van der Waals surface area contributed by atoms with Crippen molar-refractivity contribution in [2.75, 3.05) is 5.32 Å². The SMILES string of the molecule is CCn1cc(C(=O)Nc2cc(-n3cccn3)ncn2)c(=O)c2ccc(C)nc21. The lowest BCUT2D eigenvalue weighted by molar-refractivity contribution is 0.102. The van der Waals surface area contributed by atoms with Crippen molar-refractivity contribution in [2.45, 2.75) is 20.4 Å². The minimum atomic E-state index is -0.542. The van der Waals surface area contributed by atoms with Crippen LogP contribution in [0, 0.1) is 6.92 Å². The summed E-state index contributed by atoms with van der Waals surface area (Å²) in [5.41, 5.74) is 1.02. The van der Waals surface area contributed by atoms with Crippen molar-refractivity contribution in [2.24, 2.45) is 0 Å². The van der Waals surface area contributed by atoms with Gasteiger partial charge in [-0.15, -0.1) is 0 Å². The Bertz CT molecular complexity index is 1230. The highest BCUT2D eigenvalue weighted by atomic mass is 16.2. The molecule has 0 aliphatic rings.